The molecule has 3 aliphatic rings. The molecule has 0 aromatic heterocycles. The van der Waals surface area contributed by atoms with Crippen LogP contribution in [-0.2, 0) is 4.79 Å². The topological polar surface area (TPSA) is 58.5 Å². The van der Waals surface area contributed by atoms with Gasteiger partial charge in [0.15, 0.2) is 0 Å². The number of nitrogens with one attached hydrogen (secondary N) is 1. The molecule has 4 rings (SSSR count). The van der Waals surface area contributed by atoms with Gasteiger partial charge in [-0.3, -0.25) is 4.79 Å². The average Bonchev–Trinajstić information content (AvgIpc) is 3.15. The standard InChI is InChI=1S/C17H20N2O2/c20-16(19-11-4-2-1-3-5-11)15-12(10-18-21)13-6-7-14(15)17(13)8-9-17/h1-5,12-15H,6-10H2,(H,19,20)/t12-,13+,14-,15-/m0/s1. The number of nitrogens with zero attached hydrogens (tertiary/aromatic N) is 1. The van der Waals surface area contributed by atoms with Crippen LogP contribution in [0.2, 0.25) is 0 Å². The Kier molecular flexibility index (Phi) is 2.88. The van der Waals surface area contributed by atoms with Crippen LogP contribution < -0.4 is 5.32 Å². The first kappa shape index (κ1) is 13.0. The van der Waals surface area contributed by atoms with Crippen molar-refractivity contribution in [1.29, 1.82) is 0 Å². The second-order valence-electron chi connectivity index (χ2n) is 6.88. The van der Waals surface area contributed by atoms with E-state index >= 15 is 0 Å². The van der Waals surface area contributed by atoms with Gasteiger partial charge in [-0.1, -0.05) is 23.4 Å². The molecule has 4 heteroatoms. The first-order valence-corrected chi connectivity index (χ1v) is 7.91. The number of amides is 1. The molecule has 3 saturated carbocycles. The van der Waals surface area contributed by atoms with E-state index in [1.165, 1.54) is 19.3 Å². The van der Waals surface area contributed by atoms with Crippen molar-refractivity contribution in [2.24, 2.45) is 34.3 Å². The van der Waals surface area contributed by atoms with Gasteiger partial charge in [0.25, 0.3) is 0 Å². The largest absolute Gasteiger partial charge is 0.326 e. The van der Waals surface area contributed by atoms with E-state index in [0.717, 1.165) is 12.1 Å². The van der Waals surface area contributed by atoms with Gasteiger partial charge in [-0.15, -0.1) is 0 Å². The van der Waals surface area contributed by atoms with Crippen molar-refractivity contribution in [1.82, 2.24) is 0 Å². The molecule has 0 unspecified atom stereocenters. The molecule has 0 aliphatic heterocycles. The Morgan fingerprint density at radius 1 is 1.19 bits per heavy atom. The first-order valence-electron chi connectivity index (χ1n) is 7.91. The summed E-state index contributed by atoms with van der Waals surface area (Å²) in [4.78, 5) is 23.6. The number of nitroso groups, excluding NO2 is 1. The second kappa shape index (κ2) is 4.65. The van der Waals surface area contributed by atoms with E-state index in [-0.39, 0.29) is 17.7 Å². The number of hydrogen-bond donors (Lipinski definition) is 1. The summed E-state index contributed by atoms with van der Waals surface area (Å²) in [6.07, 6.45) is 4.81. The van der Waals surface area contributed by atoms with Crippen LogP contribution in [0.3, 0.4) is 0 Å². The molecule has 21 heavy (non-hydrogen) atoms. The van der Waals surface area contributed by atoms with Crippen LogP contribution >= 0.6 is 0 Å². The molecule has 1 spiro atoms. The van der Waals surface area contributed by atoms with Crippen LogP contribution in [0, 0.1) is 34.0 Å². The van der Waals surface area contributed by atoms with Crippen molar-refractivity contribution < 1.29 is 4.79 Å². The lowest BCUT2D eigenvalue weighted by Gasteiger charge is -2.28. The lowest BCUT2D eigenvalue weighted by atomic mass is 9.78. The molecule has 1 N–H and O–H groups in total. The molecule has 1 aromatic rings. The molecule has 4 nitrogen and oxygen atoms in total. The number of carbonyl (C=O) groups excluding carboxylic acids is 1. The minimum atomic E-state index is -0.0239. The SMILES string of the molecule is O=NC[C@@H]1[C@H](C(=O)Nc2ccccc2)[C@@H]2CC[C@H]1C21CC1. The Bertz CT molecular complexity index is 567. The predicted octanol–water partition coefficient (Wildman–Crippen LogP) is 3.44. The molecular formula is C17H20N2O2. The highest BCUT2D eigenvalue weighted by molar-refractivity contribution is 5.93. The number of hydrogen-bond acceptors (Lipinski definition) is 3. The van der Waals surface area contributed by atoms with Gasteiger partial charge in [0.05, 0.1) is 6.54 Å². The van der Waals surface area contributed by atoms with Gasteiger partial charge >= 0.3 is 0 Å². The molecule has 1 amide bonds. The summed E-state index contributed by atoms with van der Waals surface area (Å²) in [7, 11) is 0. The number of anilines is 1. The summed E-state index contributed by atoms with van der Waals surface area (Å²) in [5.74, 6) is 1.25. The van der Waals surface area contributed by atoms with Gasteiger partial charge in [0.2, 0.25) is 5.91 Å². The van der Waals surface area contributed by atoms with E-state index in [4.69, 9.17) is 0 Å². The molecule has 3 fully saturated rings. The molecular weight excluding hydrogens is 264 g/mol. The molecule has 110 valence electrons. The van der Waals surface area contributed by atoms with Crippen LogP contribution in [0.4, 0.5) is 5.69 Å². The minimum Gasteiger partial charge on any atom is -0.326 e. The Labute approximate surface area is 124 Å². The van der Waals surface area contributed by atoms with Crippen LogP contribution in [0.5, 0.6) is 0 Å². The van der Waals surface area contributed by atoms with Crippen molar-refractivity contribution in [2.45, 2.75) is 25.7 Å². The van der Waals surface area contributed by atoms with Gasteiger partial charge < -0.3 is 5.32 Å². The lowest BCUT2D eigenvalue weighted by Crippen LogP contribution is -2.35. The van der Waals surface area contributed by atoms with E-state index < -0.39 is 0 Å². The monoisotopic (exact) mass is 284 g/mol. The van der Waals surface area contributed by atoms with E-state index in [1.807, 2.05) is 30.3 Å². The summed E-state index contributed by atoms with van der Waals surface area (Å²) in [5.41, 5.74) is 1.22. The number of benzene rings is 1. The fourth-order valence-electron chi connectivity index (χ4n) is 5.27. The smallest absolute Gasteiger partial charge is 0.228 e. The van der Waals surface area contributed by atoms with Crippen molar-refractivity contribution >= 4 is 11.6 Å². The molecule has 0 radical (unpaired) electrons. The van der Waals surface area contributed by atoms with Gasteiger partial charge in [-0.2, -0.15) is 4.91 Å². The summed E-state index contributed by atoms with van der Waals surface area (Å²) >= 11 is 0. The van der Waals surface area contributed by atoms with Crippen molar-refractivity contribution in [3.8, 4) is 0 Å². The van der Waals surface area contributed by atoms with Crippen molar-refractivity contribution in [3.05, 3.63) is 35.2 Å². The van der Waals surface area contributed by atoms with Gasteiger partial charge in [-0.25, -0.2) is 0 Å². The third kappa shape index (κ3) is 1.84. The van der Waals surface area contributed by atoms with E-state index in [0.29, 0.717) is 23.8 Å². The van der Waals surface area contributed by atoms with Gasteiger partial charge in [0, 0.05) is 11.6 Å². The Balaban J connectivity index is 1.58. The highest BCUT2D eigenvalue weighted by Gasteiger charge is 2.69. The molecule has 0 heterocycles. The van der Waals surface area contributed by atoms with Gasteiger partial charge in [0.1, 0.15) is 0 Å². The second-order valence-corrected chi connectivity index (χ2v) is 6.88. The van der Waals surface area contributed by atoms with Crippen LogP contribution in [0.15, 0.2) is 35.5 Å². The first-order chi connectivity index (χ1) is 10.3. The maximum atomic E-state index is 12.8. The third-order valence-corrected chi connectivity index (χ3v) is 6.13. The quantitative estimate of drug-likeness (QED) is 0.861. The molecule has 1 aromatic carbocycles. The fourth-order valence-corrected chi connectivity index (χ4v) is 5.27. The zero-order valence-electron chi connectivity index (χ0n) is 12.0. The number of para-hydroxylation sites is 1. The lowest BCUT2D eigenvalue weighted by molar-refractivity contribution is -0.123. The van der Waals surface area contributed by atoms with Crippen LogP contribution in [0.1, 0.15) is 25.7 Å². The molecule has 3 aliphatic carbocycles. The summed E-state index contributed by atoms with van der Waals surface area (Å²) in [6.45, 7) is 0.301. The molecule has 0 saturated heterocycles. The highest BCUT2D eigenvalue weighted by Crippen LogP contribution is 2.74. The predicted molar refractivity (Wildman–Crippen MR) is 80.6 cm³/mol. The van der Waals surface area contributed by atoms with E-state index in [2.05, 4.69) is 10.5 Å². The van der Waals surface area contributed by atoms with Crippen molar-refractivity contribution in [3.63, 3.8) is 0 Å². The Morgan fingerprint density at radius 2 is 1.90 bits per heavy atom. The summed E-state index contributed by atoms with van der Waals surface area (Å²) in [6, 6.07) is 9.59. The third-order valence-electron chi connectivity index (χ3n) is 6.13. The van der Waals surface area contributed by atoms with Crippen LogP contribution in [0.25, 0.3) is 0 Å². The van der Waals surface area contributed by atoms with Crippen LogP contribution in [-0.4, -0.2) is 12.5 Å². The summed E-state index contributed by atoms with van der Waals surface area (Å²) < 4.78 is 0. The summed E-state index contributed by atoms with van der Waals surface area (Å²) in [5, 5.41) is 6.18. The number of rotatable bonds is 4. The maximum absolute atomic E-state index is 12.8. The molecule has 2 bridgehead atoms. The maximum Gasteiger partial charge on any atom is 0.228 e. The molecule has 4 atom stereocenters. The zero-order valence-corrected chi connectivity index (χ0v) is 12.0. The normalized spacial score (nSPS) is 34.9. The highest BCUT2D eigenvalue weighted by atomic mass is 16.3. The number of carbonyl (C=O) groups is 1. The zero-order chi connectivity index (χ0) is 14.4. The Hall–Kier alpha value is -1.71. The van der Waals surface area contributed by atoms with Gasteiger partial charge in [-0.05, 0) is 61.0 Å². The van der Waals surface area contributed by atoms with Crippen molar-refractivity contribution in [2.75, 3.05) is 11.9 Å². The van der Waals surface area contributed by atoms with E-state index in [9.17, 15) is 9.70 Å². The van der Waals surface area contributed by atoms with E-state index in [1.54, 1.807) is 0 Å². The Morgan fingerprint density at radius 3 is 2.57 bits per heavy atom. The average molecular weight is 284 g/mol. The minimum absolute atomic E-state index is 0.0239. The fraction of sp³-hybridized carbons (Fsp3) is 0.588.